The highest BCUT2D eigenvalue weighted by Gasteiger charge is 2.07. The number of anilines is 1. The molecule has 0 N–H and O–H groups in total. The van der Waals surface area contributed by atoms with E-state index in [9.17, 15) is 8.78 Å². The molecule has 0 amide bonds. The molecule has 0 atom stereocenters. The zero-order chi connectivity index (χ0) is 13.8. The minimum absolute atomic E-state index is 0.297. The summed E-state index contributed by atoms with van der Waals surface area (Å²) in [4.78, 5) is 1.81. The number of nitrogens with zero attached hydrogens (tertiary/aromatic N) is 2. The zero-order valence-corrected chi connectivity index (χ0v) is 10.4. The third-order valence-corrected chi connectivity index (χ3v) is 2.86. The Morgan fingerprint density at radius 2 is 1.79 bits per heavy atom. The molecule has 0 aliphatic rings. The average molecular weight is 258 g/mol. The summed E-state index contributed by atoms with van der Waals surface area (Å²) in [6.07, 6.45) is 0. The van der Waals surface area contributed by atoms with E-state index in [1.165, 1.54) is 18.2 Å². The van der Waals surface area contributed by atoms with E-state index >= 15 is 0 Å². The molecular formula is C15H12F2N2. The van der Waals surface area contributed by atoms with Crippen LogP contribution in [0.2, 0.25) is 0 Å². The second-order valence-electron chi connectivity index (χ2n) is 4.25. The summed E-state index contributed by atoms with van der Waals surface area (Å²) >= 11 is 0. The Kier molecular flexibility index (Phi) is 3.76. The van der Waals surface area contributed by atoms with E-state index in [1.54, 1.807) is 31.3 Å². The maximum atomic E-state index is 13.7. The Hall–Kier alpha value is -2.41. The van der Waals surface area contributed by atoms with E-state index in [0.717, 1.165) is 5.69 Å². The van der Waals surface area contributed by atoms with E-state index in [1.807, 2.05) is 11.0 Å². The number of hydrogen-bond donors (Lipinski definition) is 0. The SMILES string of the molecule is CN(Cc1ccc(C#N)cc1F)c1ccc(F)cc1. The molecule has 0 aliphatic heterocycles. The molecule has 0 bridgehead atoms. The van der Waals surface area contributed by atoms with Crippen LogP contribution in [-0.2, 0) is 6.54 Å². The summed E-state index contributed by atoms with van der Waals surface area (Å²) in [6.45, 7) is 0.350. The lowest BCUT2D eigenvalue weighted by Crippen LogP contribution is -2.17. The van der Waals surface area contributed by atoms with Crippen molar-refractivity contribution in [3.8, 4) is 6.07 Å². The zero-order valence-electron chi connectivity index (χ0n) is 10.4. The van der Waals surface area contributed by atoms with Crippen molar-refractivity contribution in [1.82, 2.24) is 0 Å². The molecule has 2 aromatic carbocycles. The van der Waals surface area contributed by atoms with Gasteiger partial charge in [0.2, 0.25) is 0 Å². The third-order valence-electron chi connectivity index (χ3n) is 2.86. The van der Waals surface area contributed by atoms with Crippen LogP contribution in [0.1, 0.15) is 11.1 Å². The maximum absolute atomic E-state index is 13.7. The van der Waals surface area contributed by atoms with Crippen molar-refractivity contribution in [1.29, 1.82) is 5.26 Å². The summed E-state index contributed by atoms with van der Waals surface area (Å²) in [5.74, 6) is -0.713. The van der Waals surface area contributed by atoms with Crippen molar-refractivity contribution >= 4 is 5.69 Å². The number of hydrogen-bond acceptors (Lipinski definition) is 2. The summed E-state index contributed by atoms with van der Waals surface area (Å²) in [7, 11) is 1.80. The van der Waals surface area contributed by atoms with Gasteiger partial charge in [-0.2, -0.15) is 5.26 Å². The van der Waals surface area contributed by atoms with Gasteiger partial charge in [-0.3, -0.25) is 0 Å². The molecule has 2 aromatic rings. The van der Waals surface area contributed by atoms with Crippen molar-refractivity contribution in [3.05, 3.63) is 65.2 Å². The maximum Gasteiger partial charge on any atom is 0.129 e. The quantitative estimate of drug-likeness (QED) is 0.842. The van der Waals surface area contributed by atoms with Crippen molar-refractivity contribution in [2.45, 2.75) is 6.54 Å². The summed E-state index contributed by atoms with van der Waals surface area (Å²) in [5, 5.41) is 8.68. The minimum atomic E-state index is -0.409. The van der Waals surface area contributed by atoms with Crippen LogP contribution < -0.4 is 4.90 Å². The monoisotopic (exact) mass is 258 g/mol. The van der Waals surface area contributed by atoms with Crippen LogP contribution in [0.3, 0.4) is 0 Å². The molecule has 0 saturated carbocycles. The highest BCUT2D eigenvalue weighted by molar-refractivity contribution is 5.46. The molecule has 0 heterocycles. The van der Waals surface area contributed by atoms with Gasteiger partial charge in [0.1, 0.15) is 11.6 Å². The summed E-state index contributed by atoms with van der Waals surface area (Å²) < 4.78 is 26.6. The Morgan fingerprint density at radius 3 is 2.37 bits per heavy atom. The Balaban J connectivity index is 2.17. The normalized spacial score (nSPS) is 10.0. The van der Waals surface area contributed by atoms with Gasteiger partial charge in [0.05, 0.1) is 11.6 Å². The first-order chi connectivity index (χ1) is 9.10. The number of halogens is 2. The molecule has 0 radical (unpaired) electrons. The third kappa shape index (κ3) is 3.08. The highest BCUT2D eigenvalue weighted by Crippen LogP contribution is 2.18. The fourth-order valence-corrected chi connectivity index (χ4v) is 1.79. The molecule has 0 fully saturated rings. The molecule has 2 rings (SSSR count). The highest BCUT2D eigenvalue weighted by atomic mass is 19.1. The first kappa shape index (κ1) is 13.0. The number of nitriles is 1. The van der Waals surface area contributed by atoms with Crippen LogP contribution in [0.5, 0.6) is 0 Å². The van der Waals surface area contributed by atoms with Gasteiger partial charge in [0, 0.05) is 24.8 Å². The Bertz CT molecular complexity index is 615. The minimum Gasteiger partial charge on any atom is -0.370 e. The van der Waals surface area contributed by atoms with E-state index in [2.05, 4.69) is 0 Å². The second kappa shape index (κ2) is 5.49. The molecule has 2 nitrogen and oxygen atoms in total. The van der Waals surface area contributed by atoms with Crippen LogP contribution in [0, 0.1) is 23.0 Å². The lowest BCUT2D eigenvalue weighted by Gasteiger charge is -2.19. The van der Waals surface area contributed by atoms with Gasteiger partial charge in [0.15, 0.2) is 0 Å². The fourth-order valence-electron chi connectivity index (χ4n) is 1.79. The largest absolute Gasteiger partial charge is 0.370 e. The lowest BCUT2D eigenvalue weighted by atomic mass is 10.1. The smallest absolute Gasteiger partial charge is 0.129 e. The van der Waals surface area contributed by atoms with E-state index in [-0.39, 0.29) is 5.82 Å². The number of rotatable bonds is 3. The van der Waals surface area contributed by atoms with Crippen molar-refractivity contribution in [2.24, 2.45) is 0 Å². The van der Waals surface area contributed by atoms with E-state index in [0.29, 0.717) is 17.7 Å². The lowest BCUT2D eigenvalue weighted by molar-refractivity contribution is 0.607. The topological polar surface area (TPSA) is 27.0 Å². The van der Waals surface area contributed by atoms with Crippen molar-refractivity contribution in [2.75, 3.05) is 11.9 Å². The molecular weight excluding hydrogens is 246 g/mol. The predicted molar refractivity (Wildman–Crippen MR) is 69.6 cm³/mol. The van der Waals surface area contributed by atoms with Crippen molar-refractivity contribution < 1.29 is 8.78 Å². The fraction of sp³-hybridized carbons (Fsp3) is 0.133. The van der Waals surface area contributed by atoms with E-state index in [4.69, 9.17) is 5.26 Å². The van der Waals surface area contributed by atoms with Crippen LogP contribution in [0.25, 0.3) is 0 Å². The van der Waals surface area contributed by atoms with Crippen LogP contribution in [-0.4, -0.2) is 7.05 Å². The van der Waals surface area contributed by atoms with Crippen LogP contribution >= 0.6 is 0 Å². The molecule has 0 unspecified atom stereocenters. The van der Waals surface area contributed by atoms with Crippen molar-refractivity contribution in [3.63, 3.8) is 0 Å². The van der Waals surface area contributed by atoms with Gasteiger partial charge < -0.3 is 4.90 Å². The van der Waals surface area contributed by atoms with Gasteiger partial charge in [-0.1, -0.05) is 6.07 Å². The molecule has 4 heteroatoms. The first-order valence-corrected chi connectivity index (χ1v) is 5.75. The Morgan fingerprint density at radius 1 is 1.11 bits per heavy atom. The van der Waals surface area contributed by atoms with Gasteiger partial charge in [-0.25, -0.2) is 8.78 Å². The summed E-state index contributed by atoms with van der Waals surface area (Å²) in [6, 6.07) is 12.3. The van der Waals surface area contributed by atoms with E-state index < -0.39 is 5.82 Å². The van der Waals surface area contributed by atoms with Gasteiger partial charge >= 0.3 is 0 Å². The van der Waals surface area contributed by atoms with Gasteiger partial charge in [-0.05, 0) is 36.4 Å². The van der Waals surface area contributed by atoms with Crippen LogP contribution in [0.15, 0.2) is 42.5 Å². The van der Waals surface area contributed by atoms with Gasteiger partial charge in [0.25, 0.3) is 0 Å². The number of benzene rings is 2. The predicted octanol–water partition coefficient (Wildman–Crippen LogP) is 3.47. The molecule has 19 heavy (non-hydrogen) atoms. The molecule has 0 spiro atoms. The molecule has 96 valence electrons. The molecule has 0 aromatic heterocycles. The molecule has 0 aliphatic carbocycles. The molecule has 0 saturated heterocycles. The standard InChI is InChI=1S/C15H12F2N2/c1-19(14-6-4-13(16)5-7-14)10-12-3-2-11(9-18)8-15(12)17/h2-8H,10H2,1H3. The first-order valence-electron chi connectivity index (χ1n) is 5.75. The average Bonchev–Trinajstić information content (AvgIpc) is 2.41. The van der Waals surface area contributed by atoms with Gasteiger partial charge in [-0.15, -0.1) is 0 Å². The van der Waals surface area contributed by atoms with Crippen LogP contribution in [0.4, 0.5) is 14.5 Å². The summed E-state index contributed by atoms with van der Waals surface area (Å²) in [5.41, 5.74) is 1.58. The Labute approximate surface area is 110 Å². The second-order valence-corrected chi connectivity index (χ2v) is 4.25.